The summed E-state index contributed by atoms with van der Waals surface area (Å²) in [6.07, 6.45) is 4.28. The van der Waals surface area contributed by atoms with Crippen molar-refractivity contribution in [1.29, 1.82) is 0 Å². The molecule has 3 rings (SSSR count). The van der Waals surface area contributed by atoms with Gasteiger partial charge in [0.1, 0.15) is 18.6 Å². The average Bonchev–Trinajstić information content (AvgIpc) is 2.66. The minimum atomic E-state index is -4.74. The minimum absolute atomic E-state index is 0.137. The fourth-order valence-corrected chi connectivity index (χ4v) is 3.33. The van der Waals surface area contributed by atoms with E-state index in [1.807, 2.05) is 18.2 Å². The maximum absolute atomic E-state index is 12.4. The molecule has 0 atom stereocenters. The summed E-state index contributed by atoms with van der Waals surface area (Å²) in [6.45, 7) is -0.137. The second-order valence-corrected chi connectivity index (χ2v) is 6.59. The molecule has 1 aliphatic carbocycles. The van der Waals surface area contributed by atoms with Crippen LogP contribution in [0.1, 0.15) is 54.7 Å². The average molecular weight is 376 g/mol. The monoisotopic (exact) mass is 376 g/mol. The van der Waals surface area contributed by atoms with E-state index in [1.165, 1.54) is 55.9 Å². The summed E-state index contributed by atoms with van der Waals surface area (Å²) in [5, 5.41) is 3.77. The normalized spacial score (nSPS) is 15.8. The smallest absolute Gasteiger partial charge is 0.405 e. The van der Waals surface area contributed by atoms with E-state index in [0.717, 1.165) is 5.56 Å². The summed E-state index contributed by atoms with van der Waals surface area (Å²) in [7, 11) is 0. The Bertz CT molecular complexity index is 768. The third-order valence-electron chi connectivity index (χ3n) is 4.62. The fraction of sp³-hybridized carbons (Fsp3) is 0.381. The van der Waals surface area contributed by atoms with Gasteiger partial charge in [0.2, 0.25) is 0 Å². The standard InChI is InChI=1S/C21H21F3NO2/c22-21(23,24)27-20-12-5-4-10-19(20)15-26-25-14-16-7-6-11-18(13-16)17-8-2-1-3-9-17/h4-7,10-13,17H,1-3,8-9,15H2. The number of benzene rings is 2. The third-order valence-corrected chi connectivity index (χ3v) is 4.62. The number of para-hydroxylation sites is 1. The van der Waals surface area contributed by atoms with Crippen molar-refractivity contribution in [3.8, 4) is 5.75 Å². The van der Waals surface area contributed by atoms with Crippen LogP contribution in [0.25, 0.3) is 0 Å². The van der Waals surface area contributed by atoms with Crippen LogP contribution in [0.3, 0.4) is 0 Å². The van der Waals surface area contributed by atoms with Crippen LogP contribution in [-0.4, -0.2) is 12.6 Å². The molecule has 0 aromatic heterocycles. The van der Waals surface area contributed by atoms with E-state index < -0.39 is 6.36 Å². The summed E-state index contributed by atoms with van der Waals surface area (Å²) in [6, 6.07) is 13.8. The Labute approximate surface area is 156 Å². The molecular weight excluding hydrogens is 355 g/mol. The van der Waals surface area contributed by atoms with Gasteiger partial charge in [-0.2, -0.15) is 0 Å². The van der Waals surface area contributed by atoms with Crippen LogP contribution >= 0.6 is 0 Å². The van der Waals surface area contributed by atoms with Crippen LogP contribution in [0.15, 0.2) is 53.7 Å². The number of alkyl halides is 3. The SMILES string of the molecule is FC(F)(F)Oc1ccccc1CO/N=[C]\c1cccc(C2CCCCC2)c1. The molecule has 0 spiro atoms. The lowest BCUT2D eigenvalue weighted by atomic mass is 9.84. The van der Waals surface area contributed by atoms with Crippen molar-refractivity contribution in [2.24, 2.45) is 5.16 Å². The van der Waals surface area contributed by atoms with Gasteiger partial charge in [0.05, 0.1) is 0 Å². The van der Waals surface area contributed by atoms with Crippen molar-refractivity contribution >= 4 is 6.21 Å². The number of hydrogen-bond donors (Lipinski definition) is 0. The van der Waals surface area contributed by atoms with Gasteiger partial charge in [0.15, 0.2) is 0 Å². The predicted octanol–water partition coefficient (Wildman–Crippen LogP) is 6.06. The molecular formula is C21H21F3NO2. The van der Waals surface area contributed by atoms with Gasteiger partial charge in [-0.1, -0.05) is 60.8 Å². The number of hydrogen-bond acceptors (Lipinski definition) is 3. The molecule has 0 saturated heterocycles. The van der Waals surface area contributed by atoms with E-state index in [9.17, 15) is 13.2 Å². The molecule has 6 heteroatoms. The Morgan fingerprint density at radius 1 is 1.00 bits per heavy atom. The van der Waals surface area contributed by atoms with Gasteiger partial charge in [-0.25, -0.2) is 0 Å². The van der Waals surface area contributed by atoms with E-state index in [-0.39, 0.29) is 17.9 Å². The number of halogens is 3. The van der Waals surface area contributed by atoms with Gasteiger partial charge in [-0.15, -0.1) is 13.2 Å². The highest BCUT2D eigenvalue weighted by Gasteiger charge is 2.32. The molecule has 1 saturated carbocycles. The van der Waals surface area contributed by atoms with E-state index >= 15 is 0 Å². The van der Waals surface area contributed by atoms with E-state index in [1.54, 1.807) is 6.07 Å². The Morgan fingerprint density at radius 3 is 2.56 bits per heavy atom. The Hall–Kier alpha value is -2.50. The molecule has 27 heavy (non-hydrogen) atoms. The van der Waals surface area contributed by atoms with Gasteiger partial charge in [-0.05, 0) is 36.5 Å². The summed E-state index contributed by atoms with van der Waals surface area (Å²) in [4.78, 5) is 5.13. The molecule has 2 aromatic rings. The Balaban J connectivity index is 1.59. The molecule has 3 nitrogen and oxygen atoms in total. The summed E-state index contributed by atoms with van der Waals surface area (Å²) in [5.41, 5.74) is 2.33. The van der Waals surface area contributed by atoms with Crippen molar-refractivity contribution in [3.63, 3.8) is 0 Å². The molecule has 0 heterocycles. The Morgan fingerprint density at radius 2 is 1.78 bits per heavy atom. The van der Waals surface area contributed by atoms with Crippen molar-refractivity contribution in [3.05, 3.63) is 65.2 Å². The molecule has 143 valence electrons. The van der Waals surface area contributed by atoms with Crippen LogP contribution in [0, 0.1) is 0 Å². The number of rotatable bonds is 6. The molecule has 0 unspecified atom stereocenters. The first-order valence-electron chi connectivity index (χ1n) is 9.03. The van der Waals surface area contributed by atoms with Gasteiger partial charge in [-0.3, -0.25) is 0 Å². The van der Waals surface area contributed by atoms with Crippen molar-refractivity contribution < 1.29 is 22.7 Å². The first-order chi connectivity index (χ1) is 13.0. The summed E-state index contributed by atoms with van der Waals surface area (Å²) < 4.78 is 41.3. The maximum Gasteiger partial charge on any atom is 0.573 e. The van der Waals surface area contributed by atoms with Crippen molar-refractivity contribution in [2.75, 3.05) is 0 Å². The second-order valence-electron chi connectivity index (χ2n) is 6.59. The molecule has 2 aromatic carbocycles. The van der Waals surface area contributed by atoms with Crippen LogP contribution in [0.5, 0.6) is 5.75 Å². The molecule has 1 fully saturated rings. The lowest BCUT2D eigenvalue weighted by Gasteiger charge is -2.22. The zero-order valence-corrected chi connectivity index (χ0v) is 14.8. The van der Waals surface area contributed by atoms with Gasteiger partial charge in [0, 0.05) is 11.1 Å². The van der Waals surface area contributed by atoms with Gasteiger partial charge < -0.3 is 9.57 Å². The van der Waals surface area contributed by atoms with Crippen LogP contribution in [0.4, 0.5) is 13.2 Å². The molecule has 0 bridgehead atoms. The van der Waals surface area contributed by atoms with Crippen molar-refractivity contribution in [2.45, 2.75) is 51.0 Å². The third kappa shape index (κ3) is 6.01. The van der Waals surface area contributed by atoms with Crippen molar-refractivity contribution in [1.82, 2.24) is 0 Å². The Kier molecular flexibility index (Phi) is 6.37. The summed E-state index contributed by atoms with van der Waals surface area (Å²) >= 11 is 0. The van der Waals surface area contributed by atoms with E-state index in [2.05, 4.69) is 22.2 Å². The minimum Gasteiger partial charge on any atom is -0.405 e. The maximum atomic E-state index is 12.4. The highest BCUT2D eigenvalue weighted by molar-refractivity contribution is 5.79. The summed E-state index contributed by atoms with van der Waals surface area (Å²) in [5.74, 6) is 0.285. The van der Waals surface area contributed by atoms with E-state index in [0.29, 0.717) is 5.92 Å². The van der Waals surface area contributed by atoms with Crippen LogP contribution < -0.4 is 4.74 Å². The highest BCUT2D eigenvalue weighted by atomic mass is 19.4. The zero-order chi connectivity index (χ0) is 19.1. The number of nitrogens with zero attached hydrogens (tertiary/aromatic N) is 1. The molecule has 1 radical (unpaired) electrons. The van der Waals surface area contributed by atoms with E-state index in [4.69, 9.17) is 4.84 Å². The topological polar surface area (TPSA) is 30.8 Å². The van der Waals surface area contributed by atoms with Gasteiger partial charge in [0.25, 0.3) is 0 Å². The molecule has 0 amide bonds. The highest BCUT2D eigenvalue weighted by Crippen LogP contribution is 2.32. The zero-order valence-electron chi connectivity index (χ0n) is 14.8. The van der Waals surface area contributed by atoms with Crippen LogP contribution in [0.2, 0.25) is 0 Å². The fourth-order valence-electron chi connectivity index (χ4n) is 3.33. The van der Waals surface area contributed by atoms with Gasteiger partial charge >= 0.3 is 6.36 Å². The largest absolute Gasteiger partial charge is 0.573 e. The molecule has 0 N–H and O–H groups in total. The predicted molar refractivity (Wildman–Crippen MR) is 96.7 cm³/mol. The quantitative estimate of drug-likeness (QED) is 0.453. The van der Waals surface area contributed by atoms with Crippen LogP contribution in [-0.2, 0) is 11.4 Å². The number of ether oxygens (including phenoxy) is 1. The molecule has 1 aliphatic rings. The second kappa shape index (κ2) is 8.93. The lowest BCUT2D eigenvalue weighted by Crippen LogP contribution is -2.18. The molecule has 0 aliphatic heterocycles. The first kappa shape index (κ1) is 19.3. The lowest BCUT2D eigenvalue weighted by molar-refractivity contribution is -0.275. The first-order valence-corrected chi connectivity index (χ1v) is 9.03.